The molecular weight excluding hydrogens is 312 g/mol. The van der Waals surface area contributed by atoms with Crippen molar-refractivity contribution < 1.29 is 9.47 Å². The van der Waals surface area contributed by atoms with Crippen LogP contribution in [0.25, 0.3) is 0 Å². The average molecular weight is 344 g/mol. The minimum Gasteiger partial charge on any atom is -0.501 e. The summed E-state index contributed by atoms with van der Waals surface area (Å²) in [7, 11) is 5.31. The molecule has 0 aromatic heterocycles. The van der Waals surface area contributed by atoms with Crippen molar-refractivity contribution in [3.63, 3.8) is 0 Å². The highest BCUT2D eigenvalue weighted by molar-refractivity contribution is 5.99. The van der Waals surface area contributed by atoms with E-state index < -0.39 is 0 Å². The van der Waals surface area contributed by atoms with Gasteiger partial charge in [0.2, 0.25) is 5.88 Å². The highest BCUT2D eigenvalue weighted by Crippen LogP contribution is 2.16. The van der Waals surface area contributed by atoms with Gasteiger partial charge in [-0.05, 0) is 50.6 Å². The minimum absolute atomic E-state index is 0.430. The average Bonchev–Trinajstić information content (AvgIpc) is 2.62. The van der Waals surface area contributed by atoms with E-state index in [4.69, 9.17) is 9.47 Å². The molecule has 4 nitrogen and oxygen atoms in total. The molecule has 0 saturated heterocycles. The number of hydrogen-bond donors (Lipinski definition) is 0. The van der Waals surface area contributed by atoms with Crippen LogP contribution in [0.4, 0.5) is 5.69 Å². The van der Waals surface area contributed by atoms with E-state index in [0.29, 0.717) is 5.88 Å². The van der Waals surface area contributed by atoms with Crippen LogP contribution in [-0.4, -0.2) is 33.5 Å². The largest absolute Gasteiger partial charge is 0.501 e. The van der Waals surface area contributed by atoms with Gasteiger partial charge in [0.1, 0.15) is 0 Å². The van der Waals surface area contributed by atoms with Crippen LogP contribution < -0.4 is 4.90 Å². The number of aliphatic imine (C=N–C) groups is 1. The van der Waals surface area contributed by atoms with Crippen molar-refractivity contribution in [1.82, 2.24) is 0 Å². The number of nitrogens with zero attached hydrogens (tertiary/aromatic N) is 2. The number of ether oxygens (including phenoxy) is 2. The van der Waals surface area contributed by atoms with E-state index in [9.17, 15) is 0 Å². The molecule has 1 aromatic rings. The summed E-state index contributed by atoms with van der Waals surface area (Å²) in [6.45, 7) is 14.3. The Morgan fingerprint density at radius 3 is 2.40 bits per heavy atom. The highest BCUT2D eigenvalue weighted by atomic mass is 16.5. The van der Waals surface area contributed by atoms with E-state index in [1.165, 1.54) is 5.69 Å². The van der Waals surface area contributed by atoms with Crippen molar-refractivity contribution in [3.8, 4) is 0 Å². The van der Waals surface area contributed by atoms with E-state index in [-0.39, 0.29) is 0 Å². The molecular formula is C21H32N2O2. The number of benzene rings is 1. The van der Waals surface area contributed by atoms with Gasteiger partial charge in [-0.1, -0.05) is 31.7 Å². The first-order valence-electron chi connectivity index (χ1n) is 8.32. The van der Waals surface area contributed by atoms with E-state index in [0.717, 1.165) is 30.0 Å². The Labute approximate surface area is 153 Å². The fourth-order valence-electron chi connectivity index (χ4n) is 1.96. The van der Waals surface area contributed by atoms with Crippen molar-refractivity contribution in [1.29, 1.82) is 0 Å². The quantitative estimate of drug-likeness (QED) is 0.370. The van der Waals surface area contributed by atoms with Gasteiger partial charge >= 0.3 is 0 Å². The SMILES string of the molecule is C=C(/N=C(\C)c1cccc(N(C)CCC)c1)OC.C=C/C=C(\C)OC. The van der Waals surface area contributed by atoms with Crippen LogP contribution in [0.1, 0.15) is 32.8 Å². The molecule has 0 amide bonds. The van der Waals surface area contributed by atoms with Crippen LogP contribution in [0.15, 0.2) is 66.2 Å². The molecule has 0 radical (unpaired) electrons. The molecule has 0 spiro atoms. The molecule has 25 heavy (non-hydrogen) atoms. The maximum Gasteiger partial charge on any atom is 0.205 e. The molecule has 0 aliphatic heterocycles. The summed E-state index contributed by atoms with van der Waals surface area (Å²) < 4.78 is 9.75. The zero-order chi connectivity index (χ0) is 19.2. The van der Waals surface area contributed by atoms with Gasteiger partial charge in [-0.25, -0.2) is 4.99 Å². The molecule has 0 bridgehead atoms. The maximum atomic E-state index is 4.97. The van der Waals surface area contributed by atoms with Crippen LogP contribution in [0, 0.1) is 0 Å². The predicted molar refractivity (Wildman–Crippen MR) is 109 cm³/mol. The summed E-state index contributed by atoms with van der Waals surface area (Å²) >= 11 is 0. The van der Waals surface area contributed by atoms with Gasteiger partial charge < -0.3 is 14.4 Å². The Balaban J connectivity index is 0.000000697. The van der Waals surface area contributed by atoms with Crippen LogP contribution in [-0.2, 0) is 9.47 Å². The molecule has 138 valence electrons. The Bertz CT molecular complexity index is 604. The third-order valence-corrected chi connectivity index (χ3v) is 3.47. The zero-order valence-corrected chi connectivity index (χ0v) is 16.5. The molecule has 1 rings (SSSR count). The van der Waals surface area contributed by atoms with Gasteiger partial charge in [-0.2, -0.15) is 0 Å². The van der Waals surface area contributed by atoms with Crippen LogP contribution >= 0.6 is 0 Å². The summed E-state index contributed by atoms with van der Waals surface area (Å²) in [5.74, 6) is 1.31. The highest BCUT2D eigenvalue weighted by Gasteiger charge is 2.03. The molecule has 0 aliphatic rings. The Hall–Kier alpha value is -2.49. The second kappa shape index (κ2) is 12.9. The topological polar surface area (TPSA) is 34.1 Å². The van der Waals surface area contributed by atoms with Crippen molar-refractivity contribution in [2.45, 2.75) is 27.2 Å². The summed E-state index contributed by atoms with van der Waals surface area (Å²) in [4.78, 5) is 6.53. The number of anilines is 1. The van der Waals surface area contributed by atoms with Crippen molar-refractivity contribution in [2.75, 3.05) is 32.7 Å². The van der Waals surface area contributed by atoms with E-state index >= 15 is 0 Å². The van der Waals surface area contributed by atoms with Crippen LogP contribution in [0.3, 0.4) is 0 Å². The molecule has 0 saturated carbocycles. The second-order valence-corrected chi connectivity index (χ2v) is 5.48. The van der Waals surface area contributed by atoms with E-state index in [1.807, 2.05) is 26.0 Å². The number of allylic oxidation sites excluding steroid dienone is 3. The van der Waals surface area contributed by atoms with Gasteiger partial charge in [0.05, 0.1) is 20.0 Å². The van der Waals surface area contributed by atoms with Gasteiger partial charge in [0.25, 0.3) is 0 Å². The first kappa shape index (κ1) is 22.5. The van der Waals surface area contributed by atoms with Gasteiger partial charge in [-0.15, -0.1) is 0 Å². The lowest BCUT2D eigenvalue weighted by Gasteiger charge is -2.19. The van der Waals surface area contributed by atoms with Gasteiger partial charge in [0.15, 0.2) is 0 Å². The molecule has 0 unspecified atom stereocenters. The molecule has 0 heterocycles. The molecule has 0 aliphatic carbocycles. The Morgan fingerprint density at radius 1 is 1.24 bits per heavy atom. The fourth-order valence-corrected chi connectivity index (χ4v) is 1.96. The summed E-state index contributed by atoms with van der Waals surface area (Å²) in [5, 5.41) is 0. The first-order valence-corrected chi connectivity index (χ1v) is 8.32. The Morgan fingerprint density at radius 2 is 1.92 bits per heavy atom. The van der Waals surface area contributed by atoms with Gasteiger partial charge in [-0.3, -0.25) is 0 Å². The zero-order valence-electron chi connectivity index (χ0n) is 16.5. The van der Waals surface area contributed by atoms with Crippen molar-refractivity contribution in [3.05, 3.63) is 66.8 Å². The number of hydrogen-bond acceptors (Lipinski definition) is 4. The summed E-state index contributed by atoms with van der Waals surface area (Å²) in [6, 6.07) is 8.34. The third-order valence-electron chi connectivity index (χ3n) is 3.47. The monoisotopic (exact) mass is 344 g/mol. The van der Waals surface area contributed by atoms with Crippen molar-refractivity contribution in [2.24, 2.45) is 4.99 Å². The van der Waals surface area contributed by atoms with Crippen molar-refractivity contribution >= 4 is 11.4 Å². The van der Waals surface area contributed by atoms with Gasteiger partial charge in [0, 0.05) is 25.0 Å². The molecule has 0 atom stereocenters. The van der Waals surface area contributed by atoms with Crippen LogP contribution in [0.2, 0.25) is 0 Å². The lowest BCUT2D eigenvalue weighted by Crippen LogP contribution is -2.17. The normalized spacial score (nSPS) is 11.1. The number of rotatable bonds is 8. The summed E-state index contributed by atoms with van der Waals surface area (Å²) in [6.07, 6.45) is 4.63. The smallest absolute Gasteiger partial charge is 0.205 e. The lowest BCUT2D eigenvalue weighted by molar-refractivity contribution is 0.290. The first-order chi connectivity index (χ1) is 11.9. The molecule has 0 N–H and O–H groups in total. The number of methoxy groups -OCH3 is 2. The second-order valence-electron chi connectivity index (χ2n) is 5.48. The van der Waals surface area contributed by atoms with Crippen LogP contribution in [0.5, 0.6) is 0 Å². The maximum absolute atomic E-state index is 4.97. The predicted octanol–water partition coefficient (Wildman–Crippen LogP) is 5.18. The molecule has 1 aromatic carbocycles. The molecule has 0 fully saturated rings. The molecule has 4 heteroatoms. The minimum atomic E-state index is 0.430. The summed E-state index contributed by atoms with van der Waals surface area (Å²) in [5.41, 5.74) is 3.20. The Kier molecular flexibility index (Phi) is 11.6. The van der Waals surface area contributed by atoms with E-state index in [2.05, 4.69) is 49.2 Å². The fraction of sp³-hybridized carbons (Fsp3) is 0.381. The lowest BCUT2D eigenvalue weighted by atomic mass is 10.1. The van der Waals surface area contributed by atoms with E-state index in [1.54, 1.807) is 26.4 Å². The third kappa shape index (κ3) is 9.40. The standard InChI is InChI=1S/C15H22N2O.C6H10O/c1-6-10-17(4)15-9-7-8-14(11-15)12(2)16-13(3)18-5;1-4-5-6(2)7-3/h7-9,11H,3,6,10H2,1-2,4-5H3;4-5H,1H2,2-3H3/b16-12+;6-5+.